The molecule has 0 spiro atoms. The van der Waals surface area contributed by atoms with E-state index in [0.29, 0.717) is 11.1 Å². The minimum Gasteiger partial charge on any atom is -0.502 e. The van der Waals surface area contributed by atoms with Crippen molar-refractivity contribution in [3.05, 3.63) is 63.9 Å². The van der Waals surface area contributed by atoms with E-state index in [1.165, 1.54) is 14.2 Å². The molecule has 2 rings (SSSR count). The van der Waals surface area contributed by atoms with Crippen molar-refractivity contribution in [2.45, 2.75) is 39.4 Å². The molecule has 4 nitrogen and oxygen atoms in total. The Morgan fingerprint density at radius 1 is 1.04 bits per heavy atom. The summed E-state index contributed by atoms with van der Waals surface area (Å²) in [5.74, 6) is 0.120. The number of aliphatic hydroxyl groups is 1. The summed E-state index contributed by atoms with van der Waals surface area (Å²) >= 11 is 0. The van der Waals surface area contributed by atoms with Crippen molar-refractivity contribution in [1.82, 2.24) is 0 Å². The molecule has 1 aromatic rings. The molecule has 26 heavy (non-hydrogen) atoms. The molecule has 1 aliphatic rings. The van der Waals surface area contributed by atoms with Crippen molar-refractivity contribution < 1.29 is 19.4 Å². The summed E-state index contributed by atoms with van der Waals surface area (Å²) in [5.41, 5.74) is 1.61. The zero-order chi connectivity index (χ0) is 19.5. The maximum Gasteiger partial charge on any atom is 0.202 e. The molecule has 1 aromatic carbocycles. The summed E-state index contributed by atoms with van der Waals surface area (Å²) in [6.07, 6.45) is 1.73. The fourth-order valence-corrected chi connectivity index (χ4v) is 5.31. The molecule has 1 aliphatic carbocycles. The number of ketones is 1. The van der Waals surface area contributed by atoms with E-state index in [1.807, 2.05) is 30.3 Å². The van der Waals surface area contributed by atoms with Crippen LogP contribution in [0.1, 0.15) is 25.3 Å². The summed E-state index contributed by atoms with van der Waals surface area (Å²) in [6, 6.07) is 9.32. The van der Waals surface area contributed by atoms with Crippen LogP contribution >= 0.6 is 0 Å². The van der Waals surface area contributed by atoms with Gasteiger partial charge in [0, 0.05) is 0 Å². The average molecular weight is 373 g/mol. The largest absolute Gasteiger partial charge is 0.502 e. The van der Waals surface area contributed by atoms with Crippen LogP contribution < -0.4 is 0 Å². The van der Waals surface area contributed by atoms with Gasteiger partial charge in [0.25, 0.3) is 0 Å². The molecule has 0 aromatic heterocycles. The molecule has 0 amide bonds. The van der Waals surface area contributed by atoms with Gasteiger partial charge in [-0.1, -0.05) is 68.5 Å². The molecular formula is C21H28O4Si. The Bertz CT molecular complexity index is 780. The summed E-state index contributed by atoms with van der Waals surface area (Å²) in [5, 5.41) is 11.9. The molecule has 0 saturated carbocycles. The Morgan fingerprint density at radius 2 is 1.62 bits per heavy atom. The van der Waals surface area contributed by atoms with Crippen molar-refractivity contribution in [3.8, 4) is 0 Å². The second-order valence-corrected chi connectivity index (χ2v) is 12.4. The lowest BCUT2D eigenvalue weighted by Crippen LogP contribution is -2.31. The maximum atomic E-state index is 13.6. The first-order valence-corrected chi connectivity index (χ1v) is 12.4. The summed E-state index contributed by atoms with van der Waals surface area (Å²) in [7, 11) is 1.12. The Kier molecular flexibility index (Phi) is 6.13. The van der Waals surface area contributed by atoms with Crippen molar-refractivity contribution in [2.75, 3.05) is 14.2 Å². The minimum atomic E-state index is -1.82. The number of rotatable bonds is 6. The maximum absolute atomic E-state index is 13.6. The zero-order valence-electron chi connectivity index (χ0n) is 16.5. The van der Waals surface area contributed by atoms with Crippen molar-refractivity contribution >= 4 is 19.4 Å². The molecular weight excluding hydrogens is 344 g/mol. The average Bonchev–Trinajstić information content (AvgIpc) is 2.60. The summed E-state index contributed by atoms with van der Waals surface area (Å²) in [6.45, 7) is 8.72. The van der Waals surface area contributed by atoms with E-state index in [1.54, 1.807) is 0 Å². The highest BCUT2D eigenvalue weighted by Gasteiger charge is 2.38. The van der Waals surface area contributed by atoms with Crippen molar-refractivity contribution in [2.24, 2.45) is 0 Å². The number of ether oxygens (including phenoxy) is 2. The van der Waals surface area contributed by atoms with E-state index < -0.39 is 8.07 Å². The highest BCUT2D eigenvalue weighted by atomic mass is 28.3. The smallest absolute Gasteiger partial charge is 0.202 e. The SMILES string of the molecule is CCC/C(=C1\C(=O)C(c2ccccc2)=C(OC)C(O)=C1OC)[Si](C)(C)C. The third kappa shape index (κ3) is 3.63. The molecule has 0 radical (unpaired) electrons. The Morgan fingerprint density at radius 3 is 2.08 bits per heavy atom. The topological polar surface area (TPSA) is 55.8 Å². The van der Waals surface area contributed by atoms with Crippen molar-refractivity contribution in [1.29, 1.82) is 0 Å². The quantitative estimate of drug-likeness (QED) is 0.563. The van der Waals surface area contributed by atoms with Gasteiger partial charge in [0.2, 0.25) is 11.5 Å². The number of aliphatic hydroxyl groups excluding tert-OH is 1. The van der Waals surface area contributed by atoms with Gasteiger partial charge in [-0.25, -0.2) is 0 Å². The number of hydrogen-bond donors (Lipinski definition) is 1. The second kappa shape index (κ2) is 7.95. The molecule has 0 aliphatic heterocycles. The number of carbonyl (C=O) groups excluding carboxylic acids is 1. The van der Waals surface area contributed by atoms with Crippen LogP contribution in [0.25, 0.3) is 5.57 Å². The highest BCUT2D eigenvalue weighted by Crippen LogP contribution is 2.40. The normalized spacial score (nSPS) is 17.5. The molecule has 0 bridgehead atoms. The van der Waals surface area contributed by atoms with E-state index in [9.17, 15) is 9.90 Å². The van der Waals surface area contributed by atoms with E-state index in [4.69, 9.17) is 9.47 Å². The fourth-order valence-electron chi connectivity index (χ4n) is 3.33. The lowest BCUT2D eigenvalue weighted by Gasteiger charge is -2.29. The van der Waals surface area contributed by atoms with E-state index in [2.05, 4.69) is 26.6 Å². The van der Waals surface area contributed by atoms with Gasteiger partial charge in [-0.2, -0.15) is 0 Å². The van der Waals surface area contributed by atoms with Gasteiger partial charge < -0.3 is 14.6 Å². The summed E-state index contributed by atoms with van der Waals surface area (Å²) in [4.78, 5) is 13.6. The Hall–Kier alpha value is -2.27. The van der Waals surface area contributed by atoms with Crippen LogP contribution in [0.4, 0.5) is 0 Å². The van der Waals surface area contributed by atoms with Crippen LogP contribution in [0.2, 0.25) is 19.6 Å². The van der Waals surface area contributed by atoms with Crippen LogP contribution in [0, 0.1) is 0 Å². The molecule has 0 saturated heterocycles. The third-order valence-electron chi connectivity index (χ3n) is 4.52. The van der Waals surface area contributed by atoms with Gasteiger partial charge in [-0.05, 0) is 12.0 Å². The standard InChI is InChI=1S/C21H28O4Si/c1-7-11-15(26(4,5)6)17-18(22)16(14-12-9-8-10-13-14)20(24-2)19(23)21(17)25-3/h8-10,12-13,23H,7,11H2,1-6H3/b17-15-. The van der Waals surface area contributed by atoms with Gasteiger partial charge >= 0.3 is 0 Å². The van der Waals surface area contributed by atoms with Gasteiger partial charge in [0.15, 0.2) is 11.5 Å². The van der Waals surface area contributed by atoms with Crippen molar-refractivity contribution in [3.63, 3.8) is 0 Å². The lowest BCUT2D eigenvalue weighted by atomic mass is 9.88. The molecule has 140 valence electrons. The van der Waals surface area contributed by atoms with Gasteiger partial charge in [0.1, 0.15) is 0 Å². The van der Waals surface area contributed by atoms with Gasteiger partial charge in [-0.15, -0.1) is 0 Å². The first-order valence-electron chi connectivity index (χ1n) is 8.87. The molecule has 5 heteroatoms. The monoisotopic (exact) mass is 372 g/mol. The number of allylic oxidation sites excluding steroid dienone is 3. The number of hydrogen-bond acceptors (Lipinski definition) is 4. The molecule has 0 heterocycles. The first-order chi connectivity index (χ1) is 12.3. The first kappa shape index (κ1) is 20.0. The molecule has 0 fully saturated rings. The van der Waals surface area contributed by atoms with Crippen LogP contribution in [0.5, 0.6) is 0 Å². The fraction of sp³-hybridized carbons (Fsp3) is 0.381. The number of benzene rings is 1. The van der Waals surface area contributed by atoms with E-state index in [-0.39, 0.29) is 23.1 Å². The van der Waals surface area contributed by atoms with Crippen LogP contribution in [0.3, 0.4) is 0 Å². The predicted octanol–water partition coefficient (Wildman–Crippen LogP) is 5.02. The lowest BCUT2D eigenvalue weighted by molar-refractivity contribution is -0.111. The number of carbonyl (C=O) groups is 1. The zero-order valence-corrected chi connectivity index (χ0v) is 17.5. The molecule has 0 atom stereocenters. The van der Waals surface area contributed by atoms with E-state index >= 15 is 0 Å². The van der Waals surface area contributed by atoms with Gasteiger partial charge in [0.05, 0.1) is 33.4 Å². The molecule has 1 N–H and O–H groups in total. The number of methoxy groups -OCH3 is 2. The highest BCUT2D eigenvalue weighted by molar-refractivity contribution is 6.83. The Labute approximate surface area is 156 Å². The van der Waals surface area contributed by atoms with E-state index in [0.717, 1.165) is 23.6 Å². The van der Waals surface area contributed by atoms with Crippen LogP contribution in [0.15, 0.2) is 58.4 Å². The summed E-state index contributed by atoms with van der Waals surface area (Å²) < 4.78 is 10.9. The Balaban J connectivity index is 2.87. The van der Waals surface area contributed by atoms with Crippen LogP contribution in [-0.2, 0) is 14.3 Å². The number of Topliss-reactive ketones (excluding diaryl/α,β-unsaturated/α-hetero) is 1. The second-order valence-electron chi connectivity index (χ2n) is 7.34. The predicted molar refractivity (Wildman–Crippen MR) is 107 cm³/mol. The third-order valence-corrected chi connectivity index (χ3v) is 6.83. The molecule has 0 unspecified atom stereocenters. The van der Waals surface area contributed by atoms with Crippen LogP contribution in [-0.4, -0.2) is 33.2 Å². The van der Waals surface area contributed by atoms with Gasteiger partial charge in [-0.3, -0.25) is 4.79 Å². The minimum absolute atomic E-state index is 0.115.